The van der Waals surface area contributed by atoms with E-state index in [1.807, 2.05) is 23.5 Å². The number of hydrogen-bond donors (Lipinski definition) is 0. The lowest BCUT2D eigenvalue weighted by Crippen LogP contribution is -2.32. The normalized spacial score (nSPS) is 15.7. The van der Waals surface area contributed by atoms with Crippen molar-refractivity contribution in [3.63, 3.8) is 0 Å². The van der Waals surface area contributed by atoms with Gasteiger partial charge in [0.1, 0.15) is 0 Å². The molecule has 0 bridgehead atoms. The molecular weight excluding hydrogens is 741 g/mol. The predicted molar refractivity (Wildman–Crippen MR) is 246 cm³/mol. The van der Waals surface area contributed by atoms with Crippen LogP contribution in [-0.4, -0.2) is 33.3 Å². The molecule has 2 nitrogen and oxygen atoms in total. The highest BCUT2D eigenvalue weighted by atomic mass is 32.2. The minimum atomic E-state index is -0.426. The summed E-state index contributed by atoms with van der Waals surface area (Å²) >= 11 is 3.93. The standard InChI is InChI=1S/C33H26NS.C21H24NS/c1-5-15-27(16-6-1)33(28-17-7-2-8-18-28,29-19-9-3-10-20-29)31-23-13-14-26-24-34(25-35-32(26)31)30-21-11-4-12-22-30;1-21(13-6-3-7-14-21)19-12-8-9-17-15-22(16-23-20(17)19)18-10-4-2-5-11-18/h1-24H,25H2;2,4-5,8-12,15H,3,6-7,13-14,16H2,1H3/q2*+1. The Balaban J connectivity index is 0.000000164. The predicted octanol–water partition coefficient (Wildman–Crippen LogP) is 13.6. The monoisotopic (exact) mass is 790 g/mol. The minimum Gasteiger partial charge on any atom is -0.188 e. The van der Waals surface area contributed by atoms with Crippen LogP contribution in [0.25, 0.3) is 0 Å². The number of rotatable bonds is 7. The van der Waals surface area contributed by atoms with Crippen LogP contribution in [0, 0.1) is 0 Å². The SMILES string of the molecule is C1=[N+](c2ccccc2)CSc2c1cccc2C(c1ccccc1)(c1ccccc1)c1ccccc1.CC1(c2cccc3c2SC[N+](c2ccccc2)=C3)CCCCC1. The van der Waals surface area contributed by atoms with Gasteiger partial charge in [0.05, 0.1) is 16.5 Å². The molecule has 0 radical (unpaired) electrons. The van der Waals surface area contributed by atoms with Crippen LogP contribution < -0.4 is 0 Å². The molecule has 0 saturated heterocycles. The molecule has 0 N–H and O–H groups in total. The molecule has 0 amide bonds. The van der Waals surface area contributed by atoms with Gasteiger partial charge in [-0.3, -0.25) is 0 Å². The topological polar surface area (TPSA) is 6.02 Å². The summed E-state index contributed by atoms with van der Waals surface area (Å²) in [6.45, 7) is 2.48. The first-order valence-corrected chi connectivity index (χ1v) is 22.6. The van der Waals surface area contributed by atoms with E-state index in [0.717, 1.165) is 11.8 Å². The van der Waals surface area contributed by atoms with Crippen molar-refractivity contribution >= 4 is 47.3 Å². The number of fused-ring (bicyclic) bond motifs is 2. The molecule has 7 aromatic rings. The van der Waals surface area contributed by atoms with Gasteiger partial charge in [-0.2, -0.15) is 9.15 Å². The molecule has 1 saturated carbocycles. The second-order valence-corrected chi connectivity index (χ2v) is 17.7. The summed E-state index contributed by atoms with van der Waals surface area (Å²) in [5, 5.41) is 0. The molecule has 0 spiro atoms. The average molecular weight is 791 g/mol. The number of nitrogens with zero attached hydrogens (tertiary/aromatic N) is 2. The summed E-state index contributed by atoms with van der Waals surface area (Å²) in [6.07, 6.45) is 11.5. The first kappa shape index (κ1) is 38.1. The van der Waals surface area contributed by atoms with Crippen molar-refractivity contribution < 1.29 is 9.15 Å². The summed E-state index contributed by atoms with van der Waals surface area (Å²) in [6, 6.07) is 67.8. The molecule has 2 heterocycles. The molecular formula is C54H50N2S2+2. The Morgan fingerprint density at radius 1 is 0.431 bits per heavy atom. The Morgan fingerprint density at radius 2 is 0.845 bits per heavy atom. The van der Waals surface area contributed by atoms with Gasteiger partial charge >= 0.3 is 0 Å². The van der Waals surface area contributed by atoms with Crippen molar-refractivity contribution in [3.8, 4) is 0 Å². The molecule has 7 aromatic carbocycles. The highest BCUT2D eigenvalue weighted by Gasteiger charge is 2.41. The Bertz CT molecular complexity index is 2430. The van der Waals surface area contributed by atoms with Crippen LogP contribution >= 0.6 is 23.5 Å². The zero-order valence-electron chi connectivity index (χ0n) is 33.2. The summed E-state index contributed by atoms with van der Waals surface area (Å²) in [5.41, 5.74) is 11.8. The number of benzene rings is 7. The van der Waals surface area contributed by atoms with E-state index in [1.165, 1.54) is 86.7 Å². The van der Waals surface area contributed by atoms with E-state index in [9.17, 15) is 0 Å². The Kier molecular flexibility index (Phi) is 11.3. The Labute approximate surface area is 353 Å². The highest BCUT2D eigenvalue weighted by molar-refractivity contribution is 7.99. The van der Waals surface area contributed by atoms with E-state index in [2.05, 4.69) is 217 Å². The highest BCUT2D eigenvalue weighted by Crippen LogP contribution is 2.50. The molecule has 0 atom stereocenters. The fourth-order valence-corrected chi connectivity index (χ4v) is 11.7. The molecule has 2 aliphatic heterocycles. The van der Waals surface area contributed by atoms with Crippen molar-refractivity contribution in [1.82, 2.24) is 0 Å². The van der Waals surface area contributed by atoms with Gasteiger partial charge in [0.2, 0.25) is 11.4 Å². The third-order valence-corrected chi connectivity index (χ3v) is 14.5. The number of para-hydroxylation sites is 2. The molecule has 1 aliphatic carbocycles. The second-order valence-electron chi connectivity index (χ2n) is 15.8. The molecule has 0 aromatic heterocycles. The van der Waals surface area contributed by atoms with Gasteiger partial charge in [-0.05, 0) is 58.2 Å². The van der Waals surface area contributed by atoms with E-state index in [-0.39, 0.29) is 0 Å². The van der Waals surface area contributed by atoms with Gasteiger partial charge in [-0.25, -0.2) is 0 Å². The maximum Gasteiger partial charge on any atom is 0.205 e. The smallest absolute Gasteiger partial charge is 0.188 e. The van der Waals surface area contributed by atoms with Crippen LogP contribution in [0.2, 0.25) is 0 Å². The third-order valence-electron chi connectivity index (χ3n) is 12.2. The summed E-state index contributed by atoms with van der Waals surface area (Å²) in [7, 11) is 0. The Morgan fingerprint density at radius 3 is 1.33 bits per heavy atom. The quantitative estimate of drug-likeness (QED) is 0.117. The van der Waals surface area contributed by atoms with Crippen LogP contribution in [0.3, 0.4) is 0 Å². The van der Waals surface area contributed by atoms with E-state index in [0.29, 0.717) is 5.41 Å². The first-order valence-electron chi connectivity index (χ1n) is 20.7. The van der Waals surface area contributed by atoms with Gasteiger partial charge in [-0.15, -0.1) is 0 Å². The third kappa shape index (κ3) is 7.52. The maximum absolute atomic E-state index is 2.48. The Hall–Kier alpha value is -5.42. The summed E-state index contributed by atoms with van der Waals surface area (Å²) in [5.74, 6) is 1.88. The van der Waals surface area contributed by atoms with Crippen LogP contribution in [0.4, 0.5) is 11.4 Å². The molecule has 286 valence electrons. The van der Waals surface area contributed by atoms with Gasteiger partial charge in [0.25, 0.3) is 0 Å². The van der Waals surface area contributed by atoms with Crippen molar-refractivity contribution in [1.29, 1.82) is 0 Å². The van der Waals surface area contributed by atoms with Gasteiger partial charge in [0.15, 0.2) is 24.2 Å². The fourth-order valence-electron chi connectivity index (χ4n) is 9.25. The molecule has 3 aliphatic rings. The van der Waals surface area contributed by atoms with Crippen molar-refractivity contribution in [2.45, 2.75) is 59.6 Å². The van der Waals surface area contributed by atoms with Gasteiger partial charge < -0.3 is 0 Å². The largest absolute Gasteiger partial charge is 0.205 e. The van der Waals surface area contributed by atoms with Crippen LogP contribution in [0.5, 0.6) is 0 Å². The summed E-state index contributed by atoms with van der Waals surface area (Å²) in [4.78, 5) is 2.86. The second kappa shape index (κ2) is 17.2. The number of hydrogen-bond acceptors (Lipinski definition) is 2. The van der Waals surface area contributed by atoms with Gasteiger partial charge in [-0.1, -0.05) is 201 Å². The fraction of sp³-hybridized carbons (Fsp3) is 0.185. The number of thioether (sulfide) groups is 2. The molecule has 58 heavy (non-hydrogen) atoms. The van der Waals surface area contributed by atoms with Crippen LogP contribution in [0.1, 0.15) is 78.0 Å². The van der Waals surface area contributed by atoms with Crippen LogP contribution in [0.15, 0.2) is 198 Å². The van der Waals surface area contributed by atoms with Crippen molar-refractivity contribution in [2.75, 3.05) is 11.8 Å². The molecule has 1 fully saturated rings. The minimum absolute atomic E-state index is 0.374. The van der Waals surface area contributed by atoms with Crippen molar-refractivity contribution in [2.24, 2.45) is 0 Å². The lowest BCUT2D eigenvalue weighted by molar-refractivity contribution is -0.411. The van der Waals surface area contributed by atoms with Crippen molar-refractivity contribution in [3.05, 3.63) is 227 Å². The van der Waals surface area contributed by atoms with Crippen LogP contribution in [-0.2, 0) is 10.8 Å². The zero-order chi connectivity index (χ0) is 39.2. The van der Waals surface area contributed by atoms with Gasteiger partial charge in [0, 0.05) is 34.1 Å². The van der Waals surface area contributed by atoms with E-state index < -0.39 is 5.41 Å². The lowest BCUT2D eigenvalue weighted by atomic mass is 9.65. The first-order chi connectivity index (χ1) is 28.6. The van der Waals surface area contributed by atoms with E-state index in [1.54, 1.807) is 5.56 Å². The maximum atomic E-state index is 2.48. The molecule has 4 heteroatoms. The summed E-state index contributed by atoms with van der Waals surface area (Å²) < 4.78 is 4.70. The zero-order valence-corrected chi connectivity index (χ0v) is 34.8. The van der Waals surface area contributed by atoms with E-state index >= 15 is 0 Å². The molecule has 0 unspecified atom stereocenters. The average Bonchev–Trinajstić information content (AvgIpc) is 3.31. The van der Waals surface area contributed by atoms with E-state index in [4.69, 9.17) is 0 Å². The molecule has 10 rings (SSSR count). The lowest BCUT2D eigenvalue weighted by Gasteiger charge is -2.38.